The van der Waals surface area contributed by atoms with Crippen molar-refractivity contribution < 1.29 is 9.72 Å². The SMILES string of the molecule is CC(C(=O)NC1CCCC1)N1CCN(c2ncc([N+](=O)[O-])c(N)n2)CC1. The van der Waals surface area contributed by atoms with Crippen LogP contribution in [-0.4, -0.2) is 64.0 Å². The number of nitrogen functional groups attached to an aromatic ring is 1. The van der Waals surface area contributed by atoms with Crippen LogP contribution < -0.4 is 16.0 Å². The molecule has 1 aliphatic heterocycles. The summed E-state index contributed by atoms with van der Waals surface area (Å²) in [6.07, 6.45) is 5.67. The van der Waals surface area contributed by atoms with Crippen LogP contribution in [0.15, 0.2) is 6.20 Å². The first-order valence-electron chi connectivity index (χ1n) is 9.02. The van der Waals surface area contributed by atoms with Crippen LogP contribution in [0.4, 0.5) is 17.5 Å². The Kier molecular flexibility index (Phi) is 5.50. The van der Waals surface area contributed by atoms with Gasteiger partial charge in [-0.2, -0.15) is 4.98 Å². The van der Waals surface area contributed by atoms with E-state index in [4.69, 9.17) is 5.73 Å². The number of aromatic nitrogens is 2. The van der Waals surface area contributed by atoms with Crippen molar-refractivity contribution in [3.05, 3.63) is 16.3 Å². The van der Waals surface area contributed by atoms with Gasteiger partial charge in [0, 0.05) is 32.2 Å². The van der Waals surface area contributed by atoms with Crippen LogP contribution in [0.2, 0.25) is 0 Å². The third-order valence-corrected chi connectivity index (χ3v) is 5.21. The molecule has 1 saturated carbocycles. The minimum atomic E-state index is -0.596. The lowest BCUT2D eigenvalue weighted by Crippen LogP contribution is -2.55. The van der Waals surface area contributed by atoms with Gasteiger partial charge in [0.05, 0.1) is 11.0 Å². The number of carbonyl (C=O) groups is 1. The monoisotopic (exact) mass is 363 g/mol. The van der Waals surface area contributed by atoms with Gasteiger partial charge in [0.1, 0.15) is 6.20 Å². The predicted molar refractivity (Wildman–Crippen MR) is 96.7 cm³/mol. The highest BCUT2D eigenvalue weighted by molar-refractivity contribution is 5.81. The highest BCUT2D eigenvalue weighted by atomic mass is 16.6. The fourth-order valence-corrected chi connectivity index (χ4v) is 3.54. The molecular formula is C16H25N7O3. The molecule has 1 aromatic rings. The van der Waals surface area contributed by atoms with Crippen molar-refractivity contribution in [3.8, 4) is 0 Å². The van der Waals surface area contributed by atoms with Crippen molar-refractivity contribution in [1.82, 2.24) is 20.2 Å². The number of carbonyl (C=O) groups excluding carboxylic acids is 1. The van der Waals surface area contributed by atoms with E-state index in [-0.39, 0.29) is 23.5 Å². The van der Waals surface area contributed by atoms with Gasteiger partial charge in [-0.15, -0.1) is 0 Å². The minimum Gasteiger partial charge on any atom is -0.378 e. The first-order chi connectivity index (χ1) is 12.5. The molecule has 10 heteroatoms. The summed E-state index contributed by atoms with van der Waals surface area (Å²) in [6.45, 7) is 4.59. The molecule has 1 unspecified atom stereocenters. The number of nitrogens with two attached hydrogens (primary N) is 1. The maximum absolute atomic E-state index is 12.4. The second-order valence-electron chi connectivity index (χ2n) is 6.89. The van der Waals surface area contributed by atoms with E-state index >= 15 is 0 Å². The van der Waals surface area contributed by atoms with E-state index in [9.17, 15) is 14.9 Å². The Morgan fingerprint density at radius 2 is 2.00 bits per heavy atom. The Balaban J connectivity index is 1.54. The number of anilines is 2. The molecule has 2 fully saturated rings. The Bertz CT molecular complexity index is 670. The largest absolute Gasteiger partial charge is 0.378 e. The first-order valence-corrected chi connectivity index (χ1v) is 9.02. The summed E-state index contributed by atoms with van der Waals surface area (Å²) in [5.74, 6) is 0.337. The molecule has 0 spiro atoms. The number of piperazine rings is 1. The highest BCUT2D eigenvalue weighted by Crippen LogP contribution is 2.22. The molecule has 2 heterocycles. The summed E-state index contributed by atoms with van der Waals surface area (Å²) < 4.78 is 0. The Morgan fingerprint density at radius 3 is 2.58 bits per heavy atom. The highest BCUT2D eigenvalue weighted by Gasteiger charge is 2.28. The normalized spacial score (nSPS) is 20.1. The maximum Gasteiger partial charge on any atom is 0.329 e. The Morgan fingerprint density at radius 1 is 1.35 bits per heavy atom. The number of nitro groups is 1. The lowest BCUT2D eigenvalue weighted by molar-refractivity contribution is -0.384. The molecule has 2 aliphatic rings. The van der Waals surface area contributed by atoms with Crippen LogP contribution in [0.3, 0.4) is 0 Å². The predicted octanol–water partition coefficient (Wildman–Crippen LogP) is 0.536. The topological polar surface area (TPSA) is 131 Å². The third-order valence-electron chi connectivity index (χ3n) is 5.21. The van der Waals surface area contributed by atoms with E-state index in [0.717, 1.165) is 19.0 Å². The van der Waals surface area contributed by atoms with E-state index in [1.165, 1.54) is 12.8 Å². The lowest BCUT2D eigenvalue weighted by atomic mass is 10.2. The lowest BCUT2D eigenvalue weighted by Gasteiger charge is -2.37. The zero-order chi connectivity index (χ0) is 18.7. The smallest absolute Gasteiger partial charge is 0.329 e. The molecule has 1 atom stereocenters. The molecule has 3 N–H and O–H groups in total. The second kappa shape index (κ2) is 7.81. The van der Waals surface area contributed by atoms with Crippen LogP contribution in [-0.2, 0) is 4.79 Å². The molecule has 0 bridgehead atoms. The molecule has 26 heavy (non-hydrogen) atoms. The quantitative estimate of drug-likeness (QED) is 0.572. The summed E-state index contributed by atoms with van der Waals surface area (Å²) in [5.41, 5.74) is 5.35. The summed E-state index contributed by atoms with van der Waals surface area (Å²) in [6, 6.07) is 0.142. The number of amides is 1. The summed E-state index contributed by atoms with van der Waals surface area (Å²) in [7, 11) is 0. The van der Waals surface area contributed by atoms with Gasteiger partial charge in [-0.05, 0) is 19.8 Å². The Hall–Kier alpha value is -2.49. The molecule has 1 saturated heterocycles. The van der Waals surface area contributed by atoms with Gasteiger partial charge in [-0.25, -0.2) is 4.98 Å². The fourth-order valence-electron chi connectivity index (χ4n) is 3.54. The van der Waals surface area contributed by atoms with Crippen molar-refractivity contribution >= 4 is 23.4 Å². The fraction of sp³-hybridized carbons (Fsp3) is 0.688. The van der Waals surface area contributed by atoms with Gasteiger partial charge in [-0.3, -0.25) is 19.8 Å². The number of rotatable bonds is 5. The number of nitrogens with zero attached hydrogens (tertiary/aromatic N) is 5. The molecule has 1 amide bonds. The van der Waals surface area contributed by atoms with E-state index < -0.39 is 4.92 Å². The molecule has 3 rings (SSSR count). The zero-order valence-corrected chi connectivity index (χ0v) is 14.9. The summed E-state index contributed by atoms with van der Waals surface area (Å²) >= 11 is 0. The van der Waals surface area contributed by atoms with E-state index in [1.807, 2.05) is 11.8 Å². The molecule has 1 aliphatic carbocycles. The van der Waals surface area contributed by atoms with Crippen LogP contribution in [0.25, 0.3) is 0 Å². The van der Waals surface area contributed by atoms with Gasteiger partial charge < -0.3 is 16.0 Å². The van der Waals surface area contributed by atoms with Crippen LogP contribution >= 0.6 is 0 Å². The Labute approximate surface area is 151 Å². The zero-order valence-electron chi connectivity index (χ0n) is 14.9. The standard InChI is InChI=1S/C16H25N7O3/c1-11(15(24)19-12-4-2-3-5-12)21-6-8-22(9-7-21)16-18-10-13(23(25)26)14(17)20-16/h10-12H,2-9H2,1H3,(H,19,24)(H2,17,18,20). The van der Waals surface area contributed by atoms with Gasteiger partial charge in [0.25, 0.3) is 0 Å². The molecule has 1 aromatic heterocycles. The maximum atomic E-state index is 12.4. The third kappa shape index (κ3) is 4.01. The first kappa shape index (κ1) is 18.3. The minimum absolute atomic E-state index is 0.0844. The number of nitrogens with one attached hydrogen (secondary N) is 1. The number of hydrogen-bond acceptors (Lipinski definition) is 8. The average molecular weight is 363 g/mol. The van der Waals surface area contributed by atoms with Crippen molar-refractivity contribution in [3.63, 3.8) is 0 Å². The van der Waals surface area contributed by atoms with Crippen LogP contribution in [0.1, 0.15) is 32.6 Å². The second-order valence-corrected chi connectivity index (χ2v) is 6.89. The summed E-state index contributed by atoms with van der Waals surface area (Å²) in [5, 5.41) is 13.9. The van der Waals surface area contributed by atoms with Gasteiger partial charge in [-0.1, -0.05) is 12.8 Å². The molecular weight excluding hydrogens is 338 g/mol. The van der Waals surface area contributed by atoms with Gasteiger partial charge >= 0.3 is 5.69 Å². The molecule has 0 aromatic carbocycles. The van der Waals surface area contributed by atoms with Gasteiger partial charge in [0.2, 0.25) is 17.7 Å². The summed E-state index contributed by atoms with van der Waals surface area (Å²) in [4.78, 5) is 34.8. The van der Waals surface area contributed by atoms with Crippen molar-refractivity contribution in [2.45, 2.75) is 44.7 Å². The average Bonchev–Trinajstić information content (AvgIpc) is 3.13. The molecule has 0 radical (unpaired) electrons. The van der Waals surface area contributed by atoms with Gasteiger partial charge in [0.15, 0.2) is 0 Å². The van der Waals surface area contributed by atoms with Crippen molar-refractivity contribution in [2.75, 3.05) is 36.8 Å². The van der Waals surface area contributed by atoms with Crippen LogP contribution in [0, 0.1) is 10.1 Å². The van der Waals surface area contributed by atoms with E-state index in [2.05, 4.69) is 20.2 Å². The van der Waals surface area contributed by atoms with E-state index in [1.54, 1.807) is 0 Å². The van der Waals surface area contributed by atoms with Crippen molar-refractivity contribution in [2.24, 2.45) is 0 Å². The van der Waals surface area contributed by atoms with E-state index in [0.29, 0.717) is 38.2 Å². The molecule has 10 nitrogen and oxygen atoms in total. The molecule has 142 valence electrons. The van der Waals surface area contributed by atoms with Crippen LogP contribution in [0.5, 0.6) is 0 Å². The van der Waals surface area contributed by atoms with Crippen molar-refractivity contribution in [1.29, 1.82) is 0 Å². The number of hydrogen-bond donors (Lipinski definition) is 2.